The summed E-state index contributed by atoms with van der Waals surface area (Å²) in [4.78, 5) is 34.8. The second-order valence-electron chi connectivity index (χ2n) is 5.45. The molecule has 2 amide bonds. The van der Waals surface area contributed by atoms with E-state index in [2.05, 4.69) is 5.32 Å². The molecule has 0 aliphatic rings. The molecule has 0 spiro atoms. The van der Waals surface area contributed by atoms with E-state index in [1.165, 1.54) is 19.2 Å². The van der Waals surface area contributed by atoms with E-state index in [4.69, 9.17) is 5.73 Å². The van der Waals surface area contributed by atoms with E-state index in [9.17, 15) is 32.9 Å². The van der Waals surface area contributed by atoms with Gasteiger partial charge in [0.25, 0.3) is 5.69 Å². The quantitative estimate of drug-likeness (QED) is 0.451. The summed E-state index contributed by atoms with van der Waals surface area (Å²) in [7, 11) is 1.34. The molecule has 0 bridgehead atoms. The Labute approximate surface area is 150 Å². The number of nitrogens with two attached hydrogens (primary N) is 1. The number of anilines is 2. The van der Waals surface area contributed by atoms with Gasteiger partial charge in [-0.25, -0.2) is 13.2 Å². The molecule has 0 aromatic heterocycles. The molecule has 3 N–H and O–H groups in total. The number of nitrogens with one attached hydrogen (secondary N) is 1. The summed E-state index contributed by atoms with van der Waals surface area (Å²) in [5, 5.41) is 13.2. The van der Waals surface area contributed by atoms with E-state index in [1.54, 1.807) is 0 Å². The number of nitro groups is 1. The third kappa shape index (κ3) is 4.32. The van der Waals surface area contributed by atoms with Gasteiger partial charge >= 0.3 is 0 Å². The van der Waals surface area contributed by atoms with Gasteiger partial charge in [-0.15, -0.1) is 0 Å². The highest BCUT2D eigenvalue weighted by molar-refractivity contribution is 5.96. The molecule has 0 atom stereocenters. The van der Waals surface area contributed by atoms with Crippen LogP contribution in [0.1, 0.15) is 10.4 Å². The number of carbonyl (C=O) groups is 2. The molecule has 0 radical (unpaired) electrons. The number of nitro benzene ring substituents is 1. The number of carbonyl (C=O) groups excluding carboxylic acids is 2. The van der Waals surface area contributed by atoms with Crippen LogP contribution < -0.4 is 16.0 Å². The second-order valence-corrected chi connectivity index (χ2v) is 5.45. The molecular formula is C16H13F3N4O4. The minimum atomic E-state index is -1.74. The van der Waals surface area contributed by atoms with E-state index in [1.807, 2.05) is 0 Å². The van der Waals surface area contributed by atoms with Gasteiger partial charge in [-0.1, -0.05) is 0 Å². The van der Waals surface area contributed by atoms with Gasteiger partial charge in [0, 0.05) is 18.7 Å². The van der Waals surface area contributed by atoms with Crippen LogP contribution in [0.15, 0.2) is 30.3 Å². The molecule has 2 aromatic rings. The fourth-order valence-electron chi connectivity index (χ4n) is 2.26. The maximum Gasteiger partial charge on any atom is 0.293 e. The van der Waals surface area contributed by atoms with Crippen LogP contribution >= 0.6 is 0 Å². The molecule has 0 heterocycles. The number of rotatable bonds is 6. The highest BCUT2D eigenvalue weighted by Gasteiger charge is 2.22. The SMILES string of the molecule is CN(CC(=O)Nc1ccc(F)c(F)c1F)c1ccc(C(N)=O)cc1[N+](=O)[O-]. The highest BCUT2D eigenvalue weighted by atomic mass is 19.2. The van der Waals surface area contributed by atoms with E-state index in [0.29, 0.717) is 6.07 Å². The summed E-state index contributed by atoms with van der Waals surface area (Å²) in [6, 6.07) is 4.92. The van der Waals surface area contributed by atoms with E-state index in [-0.39, 0.29) is 11.3 Å². The van der Waals surface area contributed by atoms with Gasteiger partial charge in [-0.05, 0) is 24.3 Å². The Morgan fingerprint density at radius 1 is 1.19 bits per heavy atom. The molecule has 0 unspecified atom stereocenters. The first kappa shape index (κ1) is 19.7. The summed E-state index contributed by atoms with van der Waals surface area (Å²) in [6.45, 7) is -0.477. The minimum Gasteiger partial charge on any atom is -0.366 e. The molecule has 0 aliphatic carbocycles. The molecule has 0 fully saturated rings. The Bertz CT molecular complexity index is 936. The number of benzene rings is 2. The molecule has 8 nitrogen and oxygen atoms in total. The first-order chi connectivity index (χ1) is 12.6. The summed E-state index contributed by atoms with van der Waals surface area (Å²) in [6.07, 6.45) is 0. The Kier molecular flexibility index (Phi) is 5.63. The maximum atomic E-state index is 13.6. The van der Waals surface area contributed by atoms with Gasteiger partial charge < -0.3 is 16.0 Å². The third-order valence-corrected chi connectivity index (χ3v) is 3.56. The number of likely N-dealkylation sites (N-methyl/N-ethyl adjacent to an activating group) is 1. The fraction of sp³-hybridized carbons (Fsp3) is 0.125. The van der Waals surface area contributed by atoms with E-state index in [0.717, 1.165) is 17.0 Å². The van der Waals surface area contributed by atoms with Crippen molar-refractivity contribution >= 4 is 28.9 Å². The Balaban J connectivity index is 2.21. The van der Waals surface area contributed by atoms with Crippen molar-refractivity contribution in [2.45, 2.75) is 0 Å². The van der Waals surface area contributed by atoms with Crippen LogP contribution in [0.2, 0.25) is 0 Å². The van der Waals surface area contributed by atoms with Gasteiger partial charge in [0.05, 0.1) is 17.2 Å². The third-order valence-electron chi connectivity index (χ3n) is 3.56. The van der Waals surface area contributed by atoms with Gasteiger partial charge in [-0.2, -0.15) is 0 Å². The number of amides is 2. The Hall–Kier alpha value is -3.63. The maximum absolute atomic E-state index is 13.6. The van der Waals surface area contributed by atoms with Crippen LogP contribution in [0.25, 0.3) is 0 Å². The summed E-state index contributed by atoms with van der Waals surface area (Å²) in [5.41, 5.74) is 3.93. The first-order valence-corrected chi connectivity index (χ1v) is 7.34. The van der Waals surface area contributed by atoms with Crippen LogP contribution in [-0.4, -0.2) is 30.3 Å². The van der Waals surface area contributed by atoms with Crippen LogP contribution in [0.3, 0.4) is 0 Å². The lowest BCUT2D eigenvalue weighted by molar-refractivity contribution is -0.384. The lowest BCUT2D eigenvalue weighted by Gasteiger charge is -2.19. The lowest BCUT2D eigenvalue weighted by Crippen LogP contribution is -2.31. The highest BCUT2D eigenvalue weighted by Crippen LogP contribution is 2.28. The molecule has 11 heteroatoms. The number of primary amides is 1. The van der Waals surface area contributed by atoms with Gasteiger partial charge in [0.2, 0.25) is 11.8 Å². The molecule has 0 saturated carbocycles. The zero-order valence-corrected chi connectivity index (χ0v) is 13.8. The van der Waals surface area contributed by atoms with Crippen LogP contribution in [0, 0.1) is 27.6 Å². The van der Waals surface area contributed by atoms with Crippen molar-refractivity contribution in [1.29, 1.82) is 0 Å². The topological polar surface area (TPSA) is 119 Å². The zero-order valence-electron chi connectivity index (χ0n) is 13.8. The van der Waals surface area contributed by atoms with Crippen LogP contribution in [-0.2, 0) is 4.79 Å². The van der Waals surface area contributed by atoms with Crippen molar-refractivity contribution in [3.63, 3.8) is 0 Å². The summed E-state index contributed by atoms with van der Waals surface area (Å²) in [5.74, 6) is -6.41. The number of hydrogen-bond acceptors (Lipinski definition) is 5. The number of nitrogens with zero attached hydrogens (tertiary/aromatic N) is 2. The smallest absolute Gasteiger partial charge is 0.293 e. The predicted molar refractivity (Wildman–Crippen MR) is 89.8 cm³/mol. The van der Waals surface area contributed by atoms with Crippen molar-refractivity contribution in [3.05, 3.63) is 63.5 Å². The van der Waals surface area contributed by atoms with E-state index >= 15 is 0 Å². The normalized spacial score (nSPS) is 10.4. The number of halogens is 3. The molecule has 2 rings (SSSR count). The first-order valence-electron chi connectivity index (χ1n) is 7.34. The van der Waals surface area contributed by atoms with Crippen LogP contribution in [0.5, 0.6) is 0 Å². The molecular weight excluding hydrogens is 369 g/mol. The average molecular weight is 382 g/mol. The zero-order chi connectivity index (χ0) is 20.3. The van der Waals surface area contributed by atoms with Gasteiger partial charge in [-0.3, -0.25) is 19.7 Å². The minimum absolute atomic E-state index is 0.00842. The van der Waals surface area contributed by atoms with Crippen molar-refractivity contribution < 1.29 is 27.7 Å². The van der Waals surface area contributed by atoms with Gasteiger partial charge in [0.1, 0.15) is 5.69 Å². The van der Waals surface area contributed by atoms with Crippen molar-refractivity contribution in [2.24, 2.45) is 5.73 Å². The Morgan fingerprint density at radius 3 is 2.44 bits per heavy atom. The predicted octanol–water partition coefficient (Wildman–Crippen LogP) is 2.19. The fourth-order valence-corrected chi connectivity index (χ4v) is 2.26. The standard InChI is InChI=1S/C16H13F3N4O4/c1-22(11-5-2-8(16(20)25)6-12(11)23(26)27)7-13(24)21-10-4-3-9(17)14(18)15(10)19/h2-6H,7H2,1H3,(H2,20,25)(H,21,24). The molecule has 142 valence electrons. The number of hydrogen-bond donors (Lipinski definition) is 2. The van der Waals surface area contributed by atoms with Crippen molar-refractivity contribution in [1.82, 2.24) is 0 Å². The second kappa shape index (κ2) is 7.72. The Morgan fingerprint density at radius 2 is 1.85 bits per heavy atom. The molecule has 2 aromatic carbocycles. The average Bonchev–Trinajstić information content (AvgIpc) is 2.61. The molecule has 27 heavy (non-hydrogen) atoms. The largest absolute Gasteiger partial charge is 0.366 e. The van der Waals surface area contributed by atoms with E-state index < -0.39 is 52.1 Å². The molecule has 0 saturated heterocycles. The lowest BCUT2D eigenvalue weighted by atomic mass is 10.1. The van der Waals surface area contributed by atoms with Crippen LogP contribution in [0.4, 0.5) is 30.2 Å². The summed E-state index contributed by atoms with van der Waals surface area (Å²) >= 11 is 0. The van der Waals surface area contributed by atoms with Crippen molar-refractivity contribution in [2.75, 3.05) is 23.8 Å². The monoisotopic (exact) mass is 382 g/mol. The van der Waals surface area contributed by atoms with Gasteiger partial charge in [0.15, 0.2) is 17.5 Å². The molecule has 0 aliphatic heterocycles. The summed E-state index contributed by atoms with van der Waals surface area (Å²) < 4.78 is 39.7. The van der Waals surface area contributed by atoms with Crippen molar-refractivity contribution in [3.8, 4) is 0 Å².